The number of H-pyrrole nitrogens is 1. The van der Waals surface area contributed by atoms with Crippen molar-refractivity contribution in [2.45, 2.75) is 13.5 Å². The van der Waals surface area contributed by atoms with Gasteiger partial charge in [-0.05, 0) is 30.2 Å². The number of nitrogens with one attached hydrogen (secondary N) is 1. The molecule has 0 aliphatic carbocycles. The third kappa shape index (κ3) is 3.54. The molecule has 1 aliphatic heterocycles. The lowest BCUT2D eigenvalue weighted by Gasteiger charge is -2.36. The molecule has 122 valence electrons. The number of hydrogen-bond acceptors (Lipinski definition) is 4. The van der Waals surface area contributed by atoms with Crippen LogP contribution in [0.1, 0.15) is 11.1 Å². The Kier molecular flexibility index (Phi) is 4.63. The van der Waals surface area contributed by atoms with Crippen LogP contribution in [0.15, 0.2) is 29.2 Å². The molecule has 0 radical (unpaired) electrons. The Morgan fingerprint density at radius 1 is 1.30 bits per heavy atom. The van der Waals surface area contributed by atoms with Crippen molar-refractivity contribution in [3.05, 3.63) is 56.7 Å². The highest BCUT2D eigenvalue weighted by Crippen LogP contribution is 2.22. The van der Waals surface area contributed by atoms with Gasteiger partial charge in [0.15, 0.2) is 0 Å². The highest BCUT2D eigenvalue weighted by atomic mass is 35.5. The second-order valence-electron chi connectivity index (χ2n) is 5.73. The van der Waals surface area contributed by atoms with Gasteiger partial charge in [-0.25, -0.2) is 9.49 Å². The highest BCUT2D eigenvalue weighted by molar-refractivity contribution is 6.33. The van der Waals surface area contributed by atoms with Crippen molar-refractivity contribution in [3.8, 4) is 0 Å². The molecular formula is C16H18ClFN4O. The maximum absolute atomic E-state index is 13.2. The molecule has 0 spiro atoms. The second-order valence-corrected chi connectivity index (χ2v) is 6.14. The zero-order valence-electron chi connectivity index (χ0n) is 12.9. The van der Waals surface area contributed by atoms with Crippen LogP contribution in [-0.4, -0.2) is 41.3 Å². The molecule has 0 amide bonds. The van der Waals surface area contributed by atoms with Crippen molar-refractivity contribution >= 4 is 17.3 Å². The molecule has 23 heavy (non-hydrogen) atoms. The highest BCUT2D eigenvalue weighted by Gasteiger charge is 2.21. The summed E-state index contributed by atoms with van der Waals surface area (Å²) in [6, 6.07) is 4.89. The van der Waals surface area contributed by atoms with E-state index in [-0.39, 0.29) is 11.4 Å². The Balaban J connectivity index is 1.66. The van der Waals surface area contributed by atoms with Crippen LogP contribution in [0.5, 0.6) is 0 Å². The molecule has 0 unspecified atom stereocenters. The van der Waals surface area contributed by atoms with Crippen molar-refractivity contribution in [1.82, 2.24) is 15.1 Å². The van der Waals surface area contributed by atoms with Gasteiger partial charge in [0.2, 0.25) is 0 Å². The topological polar surface area (TPSA) is 52.2 Å². The van der Waals surface area contributed by atoms with E-state index in [0.717, 1.165) is 30.8 Å². The molecule has 2 heterocycles. The van der Waals surface area contributed by atoms with Gasteiger partial charge in [0, 0.05) is 32.7 Å². The summed E-state index contributed by atoms with van der Waals surface area (Å²) in [6.07, 6.45) is 1.45. The van der Waals surface area contributed by atoms with Crippen molar-refractivity contribution in [2.75, 3.05) is 31.1 Å². The minimum atomic E-state index is -0.264. The molecule has 0 saturated carbocycles. The largest absolute Gasteiger partial charge is 0.363 e. The van der Waals surface area contributed by atoms with Gasteiger partial charge in [-0.3, -0.25) is 9.69 Å². The van der Waals surface area contributed by atoms with Crippen LogP contribution in [0.4, 0.5) is 10.1 Å². The van der Waals surface area contributed by atoms with E-state index in [2.05, 4.69) is 15.1 Å². The number of aromatic nitrogens is 2. The first-order chi connectivity index (χ1) is 11.0. The minimum Gasteiger partial charge on any atom is -0.363 e. The number of benzene rings is 1. The van der Waals surface area contributed by atoms with Gasteiger partial charge < -0.3 is 4.90 Å². The molecule has 2 aromatic rings. The van der Waals surface area contributed by atoms with Gasteiger partial charge in [0.1, 0.15) is 11.5 Å². The van der Waals surface area contributed by atoms with Crippen LogP contribution in [0.2, 0.25) is 5.02 Å². The fourth-order valence-electron chi connectivity index (χ4n) is 2.87. The number of hydrogen-bond donors (Lipinski definition) is 1. The molecule has 1 saturated heterocycles. The van der Waals surface area contributed by atoms with E-state index in [0.29, 0.717) is 23.8 Å². The summed E-state index contributed by atoms with van der Waals surface area (Å²) in [5.41, 5.74) is 2.31. The third-order valence-electron chi connectivity index (χ3n) is 4.17. The number of halogens is 2. The molecule has 0 bridgehead atoms. The van der Waals surface area contributed by atoms with Crippen LogP contribution in [-0.2, 0) is 6.54 Å². The van der Waals surface area contributed by atoms with E-state index < -0.39 is 0 Å². The van der Waals surface area contributed by atoms with E-state index in [1.54, 1.807) is 6.07 Å². The van der Waals surface area contributed by atoms with Crippen molar-refractivity contribution in [2.24, 2.45) is 0 Å². The normalized spacial score (nSPS) is 15.9. The molecule has 3 rings (SSSR count). The first-order valence-electron chi connectivity index (χ1n) is 7.50. The minimum absolute atomic E-state index is 0.206. The molecule has 1 N–H and O–H groups in total. The van der Waals surface area contributed by atoms with E-state index in [1.807, 2.05) is 17.9 Å². The van der Waals surface area contributed by atoms with Gasteiger partial charge in [0.25, 0.3) is 5.56 Å². The zero-order chi connectivity index (χ0) is 16.4. The summed E-state index contributed by atoms with van der Waals surface area (Å²) in [5, 5.41) is 6.48. The van der Waals surface area contributed by atoms with Crippen molar-refractivity contribution < 1.29 is 4.39 Å². The lowest BCUT2D eigenvalue weighted by molar-refractivity contribution is 0.249. The number of aromatic amines is 1. The lowest BCUT2D eigenvalue weighted by atomic mass is 10.1. The van der Waals surface area contributed by atoms with Gasteiger partial charge in [-0.2, -0.15) is 5.10 Å². The number of anilines is 1. The maximum Gasteiger partial charge on any atom is 0.289 e. The molecule has 0 atom stereocenters. The van der Waals surface area contributed by atoms with E-state index in [4.69, 9.17) is 11.6 Å². The summed E-state index contributed by atoms with van der Waals surface area (Å²) in [5.74, 6) is -0.206. The predicted octanol–water partition coefficient (Wildman–Crippen LogP) is 2.19. The van der Waals surface area contributed by atoms with Crippen LogP contribution in [0, 0.1) is 12.7 Å². The van der Waals surface area contributed by atoms with Gasteiger partial charge in [0.05, 0.1) is 11.2 Å². The van der Waals surface area contributed by atoms with Crippen LogP contribution < -0.4 is 10.5 Å². The summed E-state index contributed by atoms with van der Waals surface area (Å²) in [7, 11) is 0. The SMILES string of the molecule is Cc1cc(F)ccc1CN1CCN(c2c(Cl)cn[nH]c2=O)CC1. The van der Waals surface area contributed by atoms with E-state index >= 15 is 0 Å². The standard InChI is InChI=1S/C16H18ClFN4O/c1-11-8-13(18)3-2-12(11)10-21-4-6-22(7-5-21)15-14(17)9-19-20-16(15)23/h2-3,8-9H,4-7,10H2,1H3,(H,20,23). The van der Waals surface area contributed by atoms with Crippen LogP contribution in [0.3, 0.4) is 0 Å². The molecule has 1 aromatic carbocycles. The van der Waals surface area contributed by atoms with E-state index in [1.165, 1.54) is 12.3 Å². The van der Waals surface area contributed by atoms with E-state index in [9.17, 15) is 9.18 Å². The number of rotatable bonds is 3. The molecule has 7 heteroatoms. The Morgan fingerprint density at radius 2 is 2.04 bits per heavy atom. The Hall–Kier alpha value is -1.92. The van der Waals surface area contributed by atoms with Crippen molar-refractivity contribution in [1.29, 1.82) is 0 Å². The quantitative estimate of drug-likeness (QED) is 0.933. The van der Waals surface area contributed by atoms with Crippen LogP contribution >= 0.6 is 11.6 Å². The number of aryl methyl sites for hydroxylation is 1. The molecule has 1 aromatic heterocycles. The number of nitrogens with zero attached hydrogens (tertiary/aromatic N) is 3. The lowest BCUT2D eigenvalue weighted by Crippen LogP contribution is -2.47. The van der Waals surface area contributed by atoms with Crippen LogP contribution in [0.25, 0.3) is 0 Å². The monoisotopic (exact) mass is 336 g/mol. The summed E-state index contributed by atoms with van der Waals surface area (Å²) >= 11 is 6.09. The predicted molar refractivity (Wildman–Crippen MR) is 88.5 cm³/mol. The van der Waals surface area contributed by atoms with Crippen molar-refractivity contribution in [3.63, 3.8) is 0 Å². The average molecular weight is 337 g/mol. The second kappa shape index (κ2) is 6.68. The molecule has 1 fully saturated rings. The Bertz CT molecular complexity index is 756. The smallest absolute Gasteiger partial charge is 0.289 e. The first-order valence-corrected chi connectivity index (χ1v) is 7.88. The zero-order valence-corrected chi connectivity index (χ0v) is 13.6. The Morgan fingerprint density at radius 3 is 2.70 bits per heavy atom. The summed E-state index contributed by atoms with van der Waals surface area (Å²) in [4.78, 5) is 16.2. The number of piperazine rings is 1. The molecule has 1 aliphatic rings. The maximum atomic E-state index is 13.2. The van der Waals surface area contributed by atoms with Gasteiger partial charge >= 0.3 is 0 Å². The fraction of sp³-hybridized carbons (Fsp3) is 0.375. The Labute approximate surface area is 138 Å². The summed E-state index contributed by atoms with van der Waals surface area (Å²) in [6.45, 7) is 5.76. The average Bonchev–Trinajstić information content (AvgIpc) is 2.51. The van der Waals surface area contributed by atoms with Gasteiger partial charge in [-0.15, -0.1) is 0 Å². The van der Waals surface area contributed by atoms with Gasteiger partial charge in [-0.1, -0.05) is 17.7 Å². The third-order valence-corrected chi connectivity index (χ3v) is 4.45. The molecule has 5 nitrogen and oxygen atoms in total. The first kappa shape index (κ1) is 16.0. The summed E-state index contributed by atoms with van der Waals surface area (Å²) < 4.78 is 13.2. The molecular weight excluding hydrogens is 319 g/mol. The fourth-order valence-corrected chi connectivity index (χ4v) is 3.13.